The van der Waals surface area contributed by atoms with Crippen LogP contribution < -0.4 is 5.32 Å². The van der Waals surface area contributed by atoms with Crippen LogP contribution in [0, 0.1) is 5.92 Å². The second-order valence-electron chi connectivity index (χ2n) is 2.27. The third-order valence-electron chi connectivity index (χ3n) is 1.46. The molecule has 0 amide bonds. The van der Waals surface area contributed by atoms with Gasteiger partial charge in [0.1, 0.15) is 0 Å². The van der Waals surface area contributed by atoms with Crippen molar-refractivity contribution in [3.63, 3.8) is 0 Å². The number of nitrogens with zero attached hydrogens (tertiary/aromatic N) is 1. The molecule has 1 saturated carbocycles. The van der Waals surface area contributed by atoms with E-state index in [0.29, 0.717) is 0 Å². The molecule has 0 atom stereocenters. The van der Waals surface area contributed by atoms with E-state index in [1.54, 1.807) is 0 Å². The number of rotatable bonds is 3. The molecular formula is C6H12N. The number of hydrogen-bond donors (Lipinski definition) is 0. The van der Waals surface area contributed by atoms with Crippen LogP contribution in [0.4, 0.5) is 0 Å². The maximum atomic E-state index is 4.02. The van der Waals surface area contributed by atoms with Crippen LogP contribution >= 0.6 is 0 Å². The average molecular weight is 98.2 g/mol. The van der Waals surface area contributed by atoms with E-state index >= 15 is 0 Å². The van der Waals surface area contributed by atoms with Crippen LogP contribution in [0.1, 0.15) is 19.3 Å². The van der Waals surface area contributed by atoms with Gasteiger partial charge in [-0.25, -0.2) is 5.32 Å². The first-order valence-electron chi connectivity index (χ1n) is 2.99. The summed E-state index contributed by atoms with van der Waals surface area (Å²) < 4.78 is 0. The van der Waals surface area contributed by atoms with Crippen LogP contribution in [0.2, 0.25) is 0 Å². The highest BCUT2D eigenvalue weighted by molar-refractivity contribution is 4.72. The first kappa shape index (κ1) is 5.10. The molecule has 1 heteroatoms. The summed E-state index contributed by atoms with van der Waals surface area (Å²) in [6.45, 7) is 1.09. The van der Waals surface area contributed by atoms with Gasteiger partial charge in [-0.05, 0) is 12.3 Å². The molecule has 0 N–H and O–H groups in total. The van der Waals surface area contributed by atoms with Gasteiger partial charge >= 0.3 is 0 Å². The van der Waals surface area contributed by atoms with E-state index in [4.69, 9.17) is 0 Å². The zero-order chi connectivity index (χ0) is 5.11. The van der Waals surface area contributed by atoms with Crippen molar-refractivity contribution in [3.8, 4) is 0 Å². The van der Waals surface area contributed by atoms with Gasteiger partial charge in [0.25, 0.3) is 0 Å². The Morgan fingerprint density at radius 3 is 2.71 bits per heavy atom. The predicted octanol–water partition coefficient (Wildman–Crippen LogP) is 1.02. The van der Waals surface area contributed by atoms with Crippen molar-refractivity contribution in [2.24, 2.45) is 5.92 Å². The largest absolute Gasteiger partial charge is 0.245 e. The van der Waals surface area contributed by atoms with Crippen molar-refractivity contribution in [1.29, 1.82) is 0 Å². The van der Waals surface area contributed by atoms with Crippen LogP contribution in [-0.4, -0.2) is 13.6 Å². The fraction of sp³-hybridized carbons (Fsp3) is 1.00. The van der Waals surface area contributed by atoms with Gasteiger partial charge in [-0.1, -0.05) is 12.8 Å². The van der Waals surface area contributed by atoms with Crippen LogP contribution in [0.15, 0.2) is 0 Å². The van der Waals surface area contributed by atoms with Gasteiger partial charge in [-0.3, -0.25) is 0 Å². The van der Waals surface area contributed by atoms with E-state index in [1.165, 1.54) is 19.3 Å². The van der Waals surface area contributed by atoms with E-state index < -0.39 is 0 Å². The van der Waals surface area contributed by atoms with E-state index in [9.17, 15) is 0 Å². The number of hydrogen-bond acceptors (Lipinski definition) is 0. The van der Waals surface area contributed by atoms with Crippen molar-refractivity contribution in [2.75, 3.05) is 13.6 Å². The summed E-state index contributed by atoms with van der Waals surface area (Å²) in [5.41, 5.74) is 0. The summed E-state index contributed by atoms with van der Waals surface area (Å²) in [5, 5.41) is 4.02. The van der Waals surface area contributed by atoms with Gasteiger partial charge in [0.2, 0.25) is 0 Å². The van der Waals surface area contributed by atoms with Crippen LogP contribution in [0.5, 0.6) is 0 Å². The van der Waals surface area contributed by atoms with Crippen molar-refractivity contribution in [2.45, 2.75) is 19.3 Å². The Morgan fingerprint density at radius 2 is 2.29 bits per heavy atom. The minimum atomic E-state index is 1.06. The molecule has 1 radical (unpaired) electrons. The van der Waals surface area contributed by atoms with Crippen molar-refractivity contribution >= 4 is 0 Å². The normalized spacial score (nSPS) is 20.1. The van der Waals surface area contributed by atoms with Gasteiger partial charge in [0.05, 0.1) is 0 Å². The standard InChI is InChI=1S/C6H12N/c1-7-5-4-6-2-3-6/h6H,2-5H2,1H3. The summed E-state index contributed by atoms with van der Waals surface area (Å²) in [6.07, 6.45) is 4.28. The minimum absolute atomic E-state index is 1.06. The lowest BCUT2D eigenvalue weighted by Crippen LogP contribution is -1.98. The fourth-order valence-electron chi connectivity index (χ4n) is 0.718. The Kier molecular flexibility index (Phi) is 1.69. The quantitative estimate of drug-likeness (QED) is 0.500. The zero-order valence-electron chi connectivity index (χ0n) is 4.85. The Morgan fingerprint density at radius 1 is 1.57 bits per heavy atom. The van der Waals surface area contributed by atoms with E-state index in [0.717, 1.165) is 12.5 Å². The summed E-state index contributed by atoms with van der Waals surface area (Å²) >= 11 is 0. The topological polar surface area (TPSA) is 14.1 Å². The summed E-state index contributed by atoms with van der Waals surface area (Å²) in [6, 6.07) is 0. The average Bonchev–Trinajstić information content (AvgIpc) is 2.42. The molecular weight excluding hydrogens is 86.1 g/mol. The van der Waals surface area contributed by atoms with Crippen LogP contribution in [0.3, 0.4) is 0 Å². The van der Waals surface area contributed by atoms with Crippen molar-refractivity contribution < 1.29 is 0 Å². The molecule has 0 spiro atoms. The third-order valence-corrected chi connectivity index (χ3v) is 1.46. The maximum absolute atomic E-state index is 4.02. The second kappa shape index (κ2) is 2.31. The SMILES string of the molecule is C[N]CCC1CC1. The molecule has 0 bridgehead atoms. The van der Waals surface area contributed by atoms with Gasteiger partial charge < -0.3 is 0 Å². The molecule has 1 fully saturated rings. The van der Waals surface area contributed by atoms with Crippen molar-refractivity contribution in [3.05, 3.63) is 0 Å². The highest BCUT2D eigenvalue weighted by Crippen LogP contribution is 2.31. The van der Waals surface area contributed by atoms with Gasteiger partial charge in [-0.15, -0.1) is 0 Å². The molecule has 0 saturated heterocycles. The molecule has 0 aliphatic heterocycles. The molecule has 41 valence electrons. The molecule has 0 unspecified atom stereocenters. The fourth-order valence-corrected chi connectivity index (χ4v) is 0.718. The lowest BCUT2D eigenvalue weighted by atomic mass is 10.3. The first-order valence-corrected chi connectivity index (χ1v) is 2.99. The second-order valence-corrected chi connectivity index (χ2v) is 2.27. The molecule has 0 heterocycles. The lowest BCUT2D eigenvalue weighted by molar-refractivity contribution is 0.658. The van der Waals surface area contributed by atoms with E-state index in [-0.39, 0.29) is 0 Å². The van der Waals surface area contributed by atoms with E-state index in [1.807, 2.05) is 7.05 Å². The van der Waals surface area contributed by atoms with Gasteiger partial charge in [0.15, 0.2) is 0 Å². The Balaban J connectivity index is 1.80. The molecule has 1 aliphatic rings. The van der Waals surface area contributed by atoms with E-state index in [2.05, 4.69) is 5.32 Å². The Hall–Kier alpha value is -0.0400. The highest BCUT2D eigenvalue weighted by atomic mass is 14.8. The van der Waals surface area contributed by atoms with Crippen molar-refractivity contribution in [1.82, 2.24) is 5.32 Å². The zero-order valence-corrected chi connectivity index (χ0v) is 4.85. The third kappa shape index (κ3) is 1.93. The molecule has 0 aromatic carbocycles. The highest BCUT2D eigenvalue weighted by Gasteiger charge is 2.19. The minimum Gasteiger partial charge on any atom is -0.245 e. The molecule has 1 rings (SSSR count). The molecule has 1 nitrogen and oxygen atoms in total. The molecule has 7 heavy (non-hydrogen) atoms. The summed E-state index contributed by atoms with van der Waals surface area (Å²) in [7, 11) is 1.89. The molecule has 0 aromatic heterocycles. The molecule has 0 aromatic rings. The van der Waals surface area contributed by atoms with Gasteiger partial charge in [-0.2, -0.15) is 0 Å². The molecule has 1 aliphatic carbocycles. The first-order chi connectivity index (χ1) is 3.43. The smallest absolute Gasteiger partial charge is 0.0132 e. The van der Waals surface area contributed by atoms with Gasteiger partial charge in [0, 0.05) is 13.6 Å². The Labute approximate surface area is 45.1 Å². The summed E-state index contributed by atoms with van der Waals surface area (Å²) in [4.78, 5) is 0. The van der Waals surface area contributed by atoms with Crippen LogP contribution in [-0.2, 0) is 0 Å². The predicted molar refractivity (Wildman–Crippen MR) is 30.3 cm³/mol. The summed E-state index contributed by atoms with van der Waals surface area (Å²) in [5.74, 6) is 1.06. The Bertz CT molecular complexity index is 48.1. The lowest BCUT2D eigenvalue weighted by Gasteiger charge is -1.89. The van der Waals surface area contributed by atoms with Crippen LogP contribution in [0.25, 0.3) is 0 Å². The maximum Gasteiger partial charge on any atom is 0.0132 e. The monoisotopic (exact) mass is 98.1 g/mol.